The summed E-state index contributed by atoms with van der Waals surface area (Å²) in [5.41, 5.74) is 3.65. The van der Waals surface area contributed by atoms with Gasteiger partial charge in [0.2, 0.25) is 5.91 Å². The van der Waals surface area contributed by atoms with Gasteiger partial charge in [-0.15, -0.1) is 0 Å². The van der Waals surface area contributed by atoms with E-state index in [1.54, 1.807) is 6.92 Å². The van der Waals surface area contributed by atoms with Crippen molar-refractivity contribution in [3.05, 3.63) is 17.5 Å². The molecule has 8 heteroatoms. The normalized spacial score (nSPS) is 14.9. The van der Waals surface area contributed by atoms with E-state index < -0.39 is 23.3 Å². The van der Waals surface area contributed by atoms with Gasteiger partial charge < -0.3 is 11.1 Å². The predicted molar refractivity (Wildman–Crippen MR) is 67.6 cm³/mol. The average molecular weight is 292 g/mol. The van der Waals surface area contributed by atoms with Gasteiger partial charge in [0.15, 0.2) is 5.69 Å². The molecule has 3 N–H and O–H groups in total. The van der Waals surface area contributed by atoms with Gasteiger partial charge in [0.25, 0.3) is 0 Å². The first-order valence-corrected chi connectivity index (χ1v) is 6.25. The number of aromatic nitrogens is 2. The Kier molecular flexibility index (Phi) is 4.80. The van der Waals surface area contributed by atoms with Gasteiger partial charge in [0, 0.05) is 25.4 Å². The first kappa shape index (κ1) is 16.5. The van der Waals surface area contributed by atoms with Crippen LogP contribution in [-0.2, 0) is 24.6 Å². The van der Waals surface area contributed by atoms with E-state index in [9.17, 15) is 18.0 Å². The van der Waals surface area contributed by atoms with Gasteiger partial charge in [-0.05, 0) is 13.3 Å². The Morgan fingerprint density at radius 1 is 1.50 bits per heavy atom. The lowest BCUT2D eigenvalue weighted by molar-refractivity contribution is -0.142. The highest BCUT2D eigenvalue weighted by molar-refractivity contribution is 5.85. The minimum absolute atomic E-state index is 0.0827. The second-order valence-corrected chi connectivity index (χ2v) is 5.02. The second kappa shape index (κ2) is 5.82. The van der Waals surface area contributed by atoms with Crippen LogP contribution in [0.5, 0.6) is 0 Å². The summed E-state index contributed by atoms with van der Waals surface area (Å²) in [6.07, 6.45) is -2.15. The van der Waals surface area contributed by atoms with E-state index in [-0.39, 0.29) is 12.1 Å². The molecule has 0 fully saturated rings. The SMILES string of the molecule is CCCC(C)(N)C(=O)NCc1cn(C)nc1C(F)(F)F. The molecule has 0 aromatic carbocycles. The molecule has 1 aromatic rings. The summed E-state index contributed by atoms with van der Waals surface area (Å²) >= 11 is 0. The summed E-state index contributed by atoms with van der Waals surface area (Å²) in [6, 6.07) is 0. The summed E-state index contributed by atoms with van der Waals surface area (Å²) in [5, 5.41) is 5.80. The van der Waals surface area contributed by atoms with Gasteiger partial charge in [-0.1, -0.05) is 13.3 Å². The minimum atomic E-state index is -4.54. The van der Waals surface area contributed by atoms with E-state index in [1.807, 2.05) is 6.92 Å². The lowest BCUT2D eigenvalue weighted by Crippen LogP contribution is -2.51. The molecule has 0 spiro atoms. The Morgan fingerprint density at radius 3 is 2.60 bits per heavy atom. The van der Waals surface area contributed by atoms with Crippen LogP contribution in [0.3, 0.4) is 0 Å². The van der Waals surface area contributed by atoms with Crippen LogP contribution in [0.4, 0.5) is 13.2 Å². The number of rotatable bonds is 5. The van der Waals surface area contributed by atoms with E-state index >= 15 is 0 Å². The number of alkyl halides is 3. The molecule has 0 saturated carbocycles. The van der Waals surface area contributed by atoms with Crippen molar-refractivity contribution >= 4 is 5.91 Å². The van der Waals surface area contributed by atoms with Gasteiger partial charge in [-0.25, -0.2) is 0 Å². The Labute approximate surface area is 115 Å². The van der Waals surface area contributed by atoms with E-state index in [2.05, 4.69) is 10.4 Å². The van der Waals surface area contributed by atoms with Crippen LogP contribution in [0.2, 0.25) is 0 Å². The van der Waals surface area contributed by atoms with E-state index in [4.69, 9.17) is 5.73 Å². The molecule has 114 valence electrons. The quantitative estimate of drug-likeness (QED) is 0.865. The summed E-state index contributed by atoms with van der Waals surface area (Å²) in [6.45, 7) is 3.18. The molecule has 0 bridgehead atoms. The van der Waals surface area contributed by atoms with Crippen molar-refractivity contribution in [2.45, 2.75) is 44.9 Å². The number of carbonyl (C=O) groups is 1. The predicted octanol–water partition coefficient (Wildman–Crippen LogP) is 1.57. The van der Waals surface area contributed by atoms with Crippen LogP contribution < -0.4 is 11.1 Å². The molecule has 1 unspecified atom stereocenters. The standard InChI is InChI=1S/C12H19F3N4O/c1-4-5-11(2,16)10(20)17-6-8-7-19(3)18-9(8)12(13,14)15/h7H,4-6,16H2,1-3H3,(H,17,20). The summed E-state index contributed by atoms with van der Waals surface area (Å²) in [7, 11) is 1.39. The molecule has 0 aliphatic heterocycles. The van der Waals surface area contributed by atoms with Gasteiger partial charge in [-0.3, -0.25) is 9.48 Å². The number of amides is 1. The van der Waals surface area contributed by atoms with Crippen LogP contribution >= 0.6 is 0 Å². The third-order valence-corrected chi connectivity index (χ3v) is 2.90. The highest BCUT2D eigenvalue weighted by Gasteiger charge is 2.37. The maximum atomic E-state index is 12.7. The van der Waals surface area contributed by atoms with Crippen molar-refractivity contribution in [2.24, 2.45) is 12.8 Å². The molecule has 0 aliphatic rings. The van der Waals surface area contributed by atoms with Crippen LogP contribution in [0, 0.1) is 0 Å². The topological polar surface area (TPSA) is 72.9 Å². The van der Waals surface area contributed by atoms with E-state index in [0.29, 0.717) is 12.8 Å². The number of nitrogens with zero attached hydrogens (tertiary/aromatic N) is 2. The lowest BCUT2D eigenvalue weighted by atomic mass is 9.96. The number of carbonyl (C=O) groups excluding carboxylic acids is 1. The van der Waals surface area contributed by atoms with Gasteiger partial charge in [0.05, 0.1) is 5.54 Å². The molecule has 1 heterocycles. The van der Waals surface area contributed by atoms with Crippen molar-refractivity contribution in [3.63, 3.8) is 0 Å². The molecule has 1 amide bonds. The van der Waals surface area contributed by atoms with Crippen molar-refractivity contribution in [2.75, 3.05) is 0 Å². The number of halogens is 3. The zero-order valence-corrected chi connectivity index (χ0v) is 11.7. The van der Waals surface area contributed by atoms with Crippen molar-refractivity contribution in [3.8, 4) is 0 Å². The molecule has 0 radical (unpaired) electrons. The average Bonchev–Trinajstić information content (AvgIpc) is 2.67. The fraction of sp³-hybridized carbons (Fsp3) is 0.667. The summed E-state index contributed by atoms with van der Waals surface area (Å²) in [4.78, 5) is 11.9. The monoisotopic (exact) mass is 292 g/mol. The van der Waals surface area contributed by atoms with Crippen LogP contribution in [0.25, 0.3) is 0 Å². The molecule has 1 aromatic heterocycles. The van der Waals surface area contributed by atoms with Crippen molar-refractivity contribution in [1.29, 1.82) is 0 Å². The van der Waals surface area contributed by atoms with Crippen LogP contribution in [0.15, 0.2) is 6.20 Å². The molecule has 20 heavy (non-hydrogen) atoms. The summed E-state index contributed by atoms with van der Waals surface area (Å²) in [5.74, 6) is -0.476. The Balaban J connectivity index is 2.79. The highest BCUT2D eigenvalue weighted by atomic mass is 19.4. The van der Waals surface area contributed by atoms with E-state index in [0.717, 1.165) is 4.68 Å². The van der Waals surface area contributed by atoms with Gasteiger partial charge >= 0.3 is 6.18 Å². The zero-order valence-electron chi connectivity index (χ0n) is 11.7. The molecule has 0 saturated heterocycles. The molecule has 5 nitrogen and oxygen atoms in total. The third kappa shape index (κ3) is 3.96. The number of nitrogens with two attached hydrogens (primary N) is 1. The van der Waals surface area contributed by atoms with Crippen LogP contribution in [-0.4, -0.2) is 21.2 Å². The largest absolute Gasteiger partial charge is 0.435 e. The van der Waals surface area contributed by atoms with Gasteiger partial charge in [0.1, 0.15) is 0 Å². The zero-order chi connectivity index (χ0) is 15.6. The number of aryl methyl sites for hydroxylation is 1. The molecule has 1 rings (SSSR count). The minimum Gasteiger partial charge on any atom is -0.350 e. The Morgan fingerprint density at radius 2 is 2.10 bits per heavy atom. The van der Waals surface area contributed by atoms with Crippen molar-refractivity contribution in [1.82, 2.24) is 15.1 Å². The number of hydrogen-bond donors (Lipinski definition) is 2. The lowest BCUT2D eigenvalue weighted by Gasteiger charge is -2.22. The van der Waals surface area contributed by atoms with Gasteiger partial charge in [-0.2, -0.15) is 18.3 Å². The smallest absolute Gasteiger partial charge is 0.350 e. The molecular weight excluding hydrogens is 273 g/mol. The van der Waals surface area contributed by atoms with Crippen molar-refractivity contribution < 1.29 is 18.0 Å². The Bertz CT molecular complexity index is 480. The summed E-state index contributed by atoms with van der Waals surface area (Å²) < 4.78 is 39.3. The van der Waals surface area contributed by atoms with E-state index in [1.165, 1.54) is 13.2 Å². The number of hydrogen-bond acceptors (Lipinski definition) is 3. The Hall–Kier alpha value is -1.57. The first-order chi connectivity index (χ1) is 9.08. The second-order valence-electron chi connectivity index (χ2n) is 5.02. The number of nitrogens with one attached hydrogen (secondary N) is 1. The molecular formula is C12H19F3N4O. The molecule has 1 atom stereocenters. The molecule has 0 aliphatic carbocycles. The maximum absolute atomic E-state index is 12.7. The van der Waals surface area contributed by atoms with Crippen LogP contribution in [0.1, 0.15) is 37.9 Å². The highest BCUT2D eigenvalue weighted by Crippen LogP contribution is 2.30. The fourth-order valence-electron chi connectivity index (χ4n) is 1.92. The third-order valence-electron chi connectivity index (χ3n) is 2.90. The first-order valence-electron chi connectivity index (χ1n) is 6.25. The fourth-order valence-corrected chi connectivity index (χ4v) is 1.92. The maximum Gasteiger partial charge on any atom is 0.435 e.